The highest BCUT2D eigenvalue weighted by atomic mass is 16.5. The second-order valence-electron chi connectivity index (χ2n) is 4.68. The first kappa shape index (κ1) is 9.36. The summed E-state index contributed by atoms with van der Waals surface area (Å²) in [6.45, 7) is 1.83. The predicted molar refractivity (Wildman–Crippen MR) is 56.2 cm³/mol. The van der Waals surface area contributed by atoms with Crippen LogP contribution in [0.25, 0.3) is 0 Å². The first-order chi connectivity index (χ1) is 7.33. The molecule has 0 amide bonds. The van der Waals surface area contributed by atoms with E-state index in [0.717, 1.165) is 31.1 Å². The van der Waals surface area contributed by atoms with E-state index in [1.54, 1.807) is 0 Å². The number of ether oxygens (including phenoxy) is 1. The maximum atomic E-state index is 5.97. The maximum absolute atomic E-state index is 5.97. The highest BCUT2D eigenvalue weighted by Crippen LogP contribution is 2.31. The van der Waals surface area contributed by atoms with Gasteiger partial charge in [0.1, 0.15) is 6.10 Å². The molecule has 0 aromatic carbocycles. The number of rotatable bonds is 3. The van der Waals surface area contributed by atoms with Gasteiger partial charge in [-0.3, -0.25) is 4.68 Å². The van der Waals surface area contributed by atoms with Crippen LogP contribution in [0.5, 0.6) is 0 Å². The van der Waals surface area contributed by atoms with E-state index in [1.165, 1.54) is 12.8 Å². The van der Waals surface area contributed by atoms with Crippen LogP contribution >= 0.6 is 0 Å². The summed E-state index contributed by atoms with van der Waals surface area (Å²) >= 11 is 0. The third-order valence-corrected chi connectivity index (χ3v) is 3.26. The largest absolute Gasteiger partial charge is 0.372 e. The Morgan fingerprint density at radius 1 is 1.47 bits per heavy atom. The summed E-state index contributed by atoms with van der Waals surface area (Å²) in [4.78, 5) is 0. The summed E-state index contributed by atoms with van der Waals surface area (Å²) in [5.74, 6) is 0.857. The molecule has 2 atom stereocenters. The second kappa shape index (κ2) is 3.61. The van der Waals surface area contributed by atoms with Crippen LogP contribution in [0.4, 0.5) is 0 Å². The Kier molecular flexibility index (Phi) is 2.25. The summed E-state index contributed by atoms with van der Waals surface area (Å²) in [6.07, 6.45) is 7.73. The molecule has 3 rings (SSSR count). The Balaban J connectivity index is 1.71. The molecular weight excluding hydrogens is 190 g/mol. The van der Waals surface area contributed by atoms with Gasteiger partial charge in [0.05, 0.1) is 6.20 Å². The summed E-state index contributed by atoms with van der Waals surface area (Å²) in [5.41, 5.74) is 7.11. The van der Waals surface area contributed by atoms with Crippen molar-refractivity contribution in [3.63, 3.8) is 0 Å². The van der Waals surface area contributed by atoms with Crippen molar-refractivity contribution in [1.29, 1.82) is 0 Å². The van der Waals surface area contributed by atoms with Crippen molar-refractivity contribution in [2.45, 2.75) is 38.0 Å². The van der Waals surface area contributed by atoms with Crippen molar-refractivity contribution in [1.82, 2.24) is 9.78 Å². The molecule has 4 heteroatoms. The van der Waals surface area contributed by atoms with Gasteiger partial charge < -0.3 is 10.5 Å². The molecule has 2 fully saturated rings. The first-order valence-electron chi connectivity index (χ1n) is 5.72. The molecule has 1 aliphatic heterocycles. The van der Waals surface area contributed by atoms with Crippen LogP contribution in [0, 0.1) is 5.92 Å². The summed E-state index contributed by atoms with van der Waals surface area (Å²) in [6, 6.07) is 0.142. The average molecular weight is 207 g/mol. The van der Waals surface area contributed by atoms with Gasteiger partial charge in [-0.2, -0.15) is 5.10 Å². The molecule has 2 heterocycles. The van der Waals surface area contributed by atoms with E-state index in [9.17, 15) is 0 Å². The van der Waals surface area contributed by atoms with Gasteiger partial charge in [-0.15, -0.1) is 0 Å². The average Bonchev–Trinajstić information content (AvgIpc) is 2.74. The second-order valence-corrected chi connectivity index (χ2v) is 4.68. The zero-order valence-electron chi connectivity index (χ0n) is 8.80. The van der Waals surface area contributed by atoms with Crippen molar-refractivity contribution in [3.8, 4) is 0 Å². The number of aromatic nitrogens is 2. The Morgan fingerprint density at radius 3 is 3.00 bits per heavy atom. The molecule has 1 aliphatic carbocycles. The van der Waals surface area contributed by atoms with Gasteiger partial charge in [0, 0.05) is 31.0 Å². The molecule has 2 unspecified atom stereocenters. The quantitative estimate of drug-likeness (QED) is 0.807. The fourth-order valence-corrected chi connectivity index (χ4v) is 2.14. The van der Waals surface area contributed by atoms with Crippen LogP contribution in [0.3, 0.4) is 0 Å². The first-order valence-corrected chi connectivity index (χ1v) is 5.72. The SMILES string of the molecule is NC1CCOC1c1cnn(CC2CC2)c1. The Morgan fingerprint density at radius 2 is 2.33 bits per heavy atom. The van der Waals surface area contributed by atoms with Crippen LogP contribution in [-0.4, -0.2) is 22.4 Å². The van der Waals surface area contributed by atoms with E-state index in [0.29, 0.717) is 0 Å². The van der Waals surface area contributed by atoms with Gasteiger partial charge in [-0.1, -0.05) is 0 Å². The smallest absolute Gasteiger partial charge is 0.101 e. The molecule has 0 radical (unpaired) electrons. The van der Waals surface area contributed by atoms with Crippen LogP contribution in [0.2, 0.25) is 0 Å². The fourth-order valence-electron chi connectivity index (χ4n) is 2.14. The molecule has 1 saturated carbocycles. The number of nitrogens with two attached hydrogens (primary N) is 1. The Labute approximate surface area is 89.4 Å². The molecule has 1 aromatic heterocycles. The molecule has 1 saturated heterocycles. The maximum Gasteiger partial charge on any atom is 0.101 e. The fraction of sp³-hybridized carbons (Fsp3) is 0.727. The van der Waals surface area contributed by atoms with Crippen LogP contribution < -0.4 is 5.73 Å². The summed E-state index contributed by atoms with van der Waals surface area (Å²) < 4.78 is 7.64. The summed E-state index contributed by atoms with van der Waals surface area (Å²) in [5, 5.41) is 4.36. The minimum Gasteiger partial charge on any atom is -0.372 e. The molecule has 0 bridgehead atoms. The zero-order chi connectivity index (χ0) is 10.3. The third-order valence-electron chi connectivity index (χ3n) is 3.26. The standard InChI is InChI=1S/C11H17N3O/c12-10-3-4-15-11(10)9-5-13-14(7-9)6-8-1-2-8/h5,7-8,10-11H,1-4,6,12H2. The van der Waals surface area contributed by atoms with Gasteiger partial charge in [-0.05, 0) is 25.2 Å². The van der Waals surface area contributed by atoms with E-state index in [-0.39, 0.29) is 12.1 Å². The lowest BCUT2D eigenvalue weighted by atomic mass is 10.1. The Bertz CT molecular complexity index is 345. The van der Waals surface area contributed by atoms with Crippen LogP contribution in [0.15, 0.2) is 12.4 Å². The molecule has 1 aromatic rings. The van der Waals surface area contributed by atoms with Crippen LogP contribution in [-0.2, 0) is 11.3 Å². The van der Waals surface area contributed by atoms with Gasteiger partial charge in [0.25, 0.3) is 0 Å². The highest BCUT2D eigenvalue weighted by molar-refractivity contribution is 5.12. The lowest BCUT2D eigenvalue weighted by Gasteiger charge is -2.11. The third kappa shape index (κ3) is 1.92. The number of hydrogen-bond acceptors (Lipinski definition) is 3. The minimum absolute atomic E-state index is 0.0675. The van der Waals surface area contributed by atoms with Gasteiger partial charge in [0.15, 0.2) is 0 Å². The zero-order valence-corrected chi connectivity index (χ0v) is 8.80. The normalized spacial score (nSPS) is 31.0. The van der Waals surface area contributed by atoms with Crippen molar-refractivity contribution in [3.05, 3.63) is 18.0 Å². The molecule has 4 nitrogen and oxygen atoms in total. The lowest BCUT2D eigenvalue weighted by Crippen LogP contribution is -2.23. The molecule has 15 heavy (non-hydrogen) atoms. The number of nitrogens with zero attached hydrogens (tertiary/aromatic N) is 2. The van der Waals surface area contributed by atoms with Gasteiger partial charge >= 0.3 is 0 Å². The molecule has 2 N–H and O–H groups in total. The van der Waals surface area contributed by atoms with Crippen molar-refractivity contribution in [2.75, 3.05) is 6.61 Å². The lowest BCUT2D eigenvalue weighted by molar-refractivity contribution is 0.105. The van der Waals surface area contributed by atoms with Gasteiger partial charge in [-0.25, -0.2) is 0 Å². The number of hydrogen-bond donors (Lipinski definition) is 1. The van der Waals surface area contributed by atoms with Crippen molar-refractivity contribution in [2.24, 2.45) is 11.7 Å². The molecular formula is C11H17N3O. The van der Waals surface area contributed by atoms with E-state index >= 15 is 0 Å². The monoisotopic (exact) mass is 207 g/mol. The van der Waals surface area contributed by atoms with Gasteiger partial charge in [0.2, 0.25) is 0 Å². The summed E-state index contributed by atoms with van der Waals surface area (Å²) in [7, 11) is 0. The minimum atomic E-state index is 0.0675. The predicted octanol–water partition coefficient (Wildman–Crippen LogP) is 1.08. The van der Waals surface area contributed by atoms with E-state index in [1.807, 2.05) is 10.9 Å². The molecule has 0 spiro atoms. The van der Waals surface area contributed by atoms with Crippen molar-refractivity contribution < 1.29 is 4.74 Å². The Hall–Kier alpha value is -0.870. The van der Waals surface area contributed by atoms with E-state index in [2.05, 4.69) is 11.3 Å². The van der Waals surface area contributed by atoms with Crippen LogP contribution in [0.1, 0.15) is 30.9 Å². The van der Waals surface area contributed by atoms with E-state index in [4.69, 9.17) is 10.5 Å². The molecule has 2 aliphatic rings. The molecule has 82 valence electrons. The topological polar surface area (TPSA) is 53.1 Å². The highest BCUT2D eigenvalue weighted by Gasteiger charge is 2.28. The van der Waals surface area contributed by atoms with Crippen molar-refractivity contribution >= 4 is 0 Å². The van der Waals surface area contributed by atoms with E-state index < -0.39 is 0 Å².